The lowest BCUT2D eigenvalue weighted by molar-refractivity contribution is -0.120. The highest BCUT2D eigenvalue weighted by Gasteiger charge is 2.00. The van der Waals surface area contributed by atoms with Gasteiger partial charge in [-0.05, 0) is 30.5 Å². The molecule has 1 rings (SSSR count). The van der Waals surface area contributed by atoms with Crippen LogP contribution in [0, 0.1) is 0 Å². The molecule has 0 unspecified atom stereocenters. The van der Waals surface area contributed by atoms with E-state index in [1.807, 2.05) is 0 Å². The Morgan fingerprint density at radius 3 is 2.58 bits per heavy atom. The molecule has 0 aliphatic carbocycles. The summed E-state index contributed by atoms with van der Waals surface area (Å²) in [5, 5.41) is 6.11. The second-order valence-corrected chi connectivity index (χ2v) is 4.42. The standard InChI is InChI=1S/C15H24N2O2/c1-3-13-5-7-14(8-6-13)16-11-9-15(18)17-10-4-12-19-2/h5-8,16H,3-4,9-12H2,1-2H3,(H,17,18). The molecule has 0 aromatic heterocycles. The number of hydrogen-bond acceptors (Lipinski definition) is 3. The Balaban J connectivity index is 2.13. The van der Waals surface area contributed by atoms with Crippen molar-refractivity contribution >= 4 is 11.6 Å². The molecule has 0 radical (unpaired) electrons. The maximum atomic E-state index is 11.5. The summed E-state index contributed by atoms with van der Waals surface area (Å²) in [5.41, 5.74) is 2.38. The van der Waals surface area contributed by atoms with Crippen LogP contribution in [0.4, 0.5) is 5.69 Å². The number of anilines is 1. The number of benzene rings is 1. The number of aryl methyl sites for hydroxylation is 1. The molecule has 1 aromatic carbocycles. The van der Waals surface area contributed by atoms with E-state index < -0.39 is 0 Å². The minimum Gasteiger partial charge on any atom is -0.385 e. The van der Waals surface area contributed by atoms with E-state index in [2.05, 4.69) is 41.8 Å². The molecule has 0 aliphatic rings. The molecule has 0 spiro atoms. The summed E-state index contributed by atoms with van der Waals surface area (Å²) in [6.07, 6.45) is 2.39. The topological polar surface area (TPSA) is 50.4 Å². The molecule has 0 saturated carbocycles. The van der Waals surface area contributed by atoms with Gasteiger partial charge in [-0.25, -0.2) is 0 Å². The lowest BCUT2D eigenvalue weighted by Gasteiger charge is -2.08. The molecule has 0 atom stereocenters. The van der Waals surface area contributed by atoms with Crippen LogP contribution in [-0.4, -0.2) is 32.7 Å². The Kier molecular flexibility index (Phi) is 7.66. The Hall–Kier alpha value is -1.55. The summed E-state index contributed by atoms with van der Waals surface area (Å²) < 4.78 is 4.92. The fourth-order valence-electron chi connectivity index (χ4n) is 1.71. The largest absolute Gasteiger partial charge is 0.385 e. The van der Waals surface area contributed by atoms with Crippen LogP contribution in [0.15, 0.2) is 24.3 Å². The third-order valence-electron chi connectivity index (χ3n) is 2.89. The summed E-state index contributed by atoms with van der Waals surface area (Å²) in [5.74, 6) is 0.0776. The summed E-state index contributed by atoms with van der Waals surface area (Å²) in [6.45, 7) is 4.15. The first-order valence-corrected chi connectivity index (χ1v) is 6.84. The van der Waals surface area contributed by atoms with Crippen LogP contribution in [-0.2, 0) is 16.0 Å². The van der Waals surface area contributed by atoms with Crippen LogP contribution in [0.5, 0.6) is 0 Å². The highest BCUT2D eigenvalue weighted by atomic mass is 16.5. The van der Waals surface area contributed by atoms with Crippen molar-refractivity contribution in [1.82, 2.24) is 5.32 Å². The van der Waals surface area contributed by atoms with Crippen LogP contribution in [0.2, 0.25) is 0 Å². The normalized spacial score (nSPS) is 10.2. The maximum absolute atomic E-state index is 11.5. The Labute approximate surface area is 115 Å². The molecule has 4 nitrogen and oxygen atoms in total. The fourth-order valence-corrected chi connectivity index (χ4v) is 1.71. The number of nitrogens with one attached hydrogen (secondary N) is 2. The average Bonchev–Trinajstić information content (AvgIpc) is 2.44. The van der Waals surface area contributed by atoms with E-state index in [1.54, 1.807) is 7.11 Å². The van der Waals surface area contributed by atoms with E-state index in [0.29, 0.717) is 26.1 Å². The first-order valence-electron chi connectivity index (χ1n) is 6.84. The maximum Gasteiger partial charge on any atom is 0.221 e. The van der Waals surface area contributed by atoms with E-state index in [0.717, 1.165) is 18.5 Å². The van der Waals surface area contributed by atoms with Gasteiger partial charge in [0.15, 0.2) is 0 Å². The van der Waals surface area contributed by atoms with Gasteiger partial charge in [0.1, 0.15) is 0 Å². The van der Waals surface area contributed by atoms with E-state index in [1.165, 1.54) is 5.56 Å². The highest BCUT2D eigenvalue weighted by molar-refractivity contribution is 5.76. The zero-order chi connectivity index (χ0) is 13.9. The van der Waals surface area contributed by atoms with Crippen molar-refractivity contribution in [3.8, 4) is 0 Å². The molecule has 0 bridgehead atoms. The van der Waals surface area contributed by atoms with E-state index >= 15 is 0 Å². The van der Waals surface area contributed by atoms with Gasteiger partial charge in [-0.15, -0.1) is 0 Å². The minimum atomic E-state index is 0.0776. The first-order chi connectivity index (χ1) is 9.26. The molecule has 19 heavy (non-hydrogen) atoms. The fraction of sp³-hybridized carbons (Fsp3) is 0.533. The van der Waals surface area contributed by atoms with Crippen LogP contribution in [0.1, 0.15) is 25.3 Å². The van der Waals surface area contributed by atoms with Crippen LogP contribution in [0.25, 0.3) is 0 Å². The van der Waals surface area contributed by atoms with E-state index in [-0.39, 0.29) is 5.91 Å². The van der Waals surface area contributed by atoms with Gasteiger partial charge >= 0.3 is 0 Å². The molecule has 0 fully saturated rings. The molecular weight excluding hydrogens is 240 g/mol. The zero-order valence-corrected chi connectivity index (χ0v) is 11.9. The Bertz CT molecular complexity index is 363. The molecule has 106 valence electrons. The van der Waals surface area contributed by atoms with Crippen LogP contribution >= 0.6 is 0 Å². The van der Waals surface area contributed by atoms with Crippen molar-refractivity contribution in [2.75, 3.05) is 32.1 Å². The average molecular weight is 264 g/mol. The number of ether oxygens (including phenoxy) is 1. The number of carbonyl (C=O) groups excluding carboxylic acids is 1. The van der Waals surface area contributed by atoms with Gasteiger partial charge in [-0.1, -0.05) is 19.1 Å². The second-order valence-electron chi connectivity index (χ2n) is 4.42. The van der Waals surface area contributed by atoms with E-state index in [9.17, 15) is 4.79 Å². The summed E-state index contributed by atoms with van der Waals surface area (Å²) in [4.78, 5) is 11.5. The van der Waals surface area contributed by atoms with Gasteiger partial charge in [0, 0.05) is 38.9 Å². The molecule has 0 heterocycles. The predicted molar refractivity (Wildman–Crippen MR) is 78.4 cm³/mol. The number of carbonyl (C=O) groups is 1. The van der Waals surface area contributed by atoms with Gasteiger partial charge in [0.05, 0.1) is 0 Å². The van der Waals surface area contributed by atoms with Crippen molar-refractivity contribution in [1.29, 1.82) is 0 Å². The van der Waals surface area contributed by atoms with Crippen molar-refractivity contribution in [3.05, 3.63) is 29.8 Å². The number of hydrogen-bond donors (Lipinski definition) is 2. The van der Waals surface area contributed by atoms with Crippen LogP contribution < -0.4 is 10.6 Å². The Morgan fingerprint density at radius 2 is 1.95 bits per heavy atom. The number of rotatable bonds is 9. The lowest BCUT2D eigenvalue weighted by Crippen LogP contribution is -2.26. The minimum absolute atomic E-state index is 0.0776. The number of methoxy groups -OCH3 is 1. The van der Waals surface area contributed by atoms with E-state index in [4.69, 9.17) is 4.74 Å². The monoisotopic (exact) mass is 264 g/mol. The summed E-state index contributed by atoms with van der Waals surface area (Å²) >= 11 is 0. The Morgan fingerprint density at radius 1 is 1.21 bits per heavy atom. The third-order valence-corrected chi connectivity index (χ3v) is 2.89. The van der Waals surface area contributed by atoms with Gasteiger partial charge < -0.3 is 15.4 Å². The quantitative estimate of drug-likeness (QED) is 0.672. The van der Waals surface area contributed by atoms with Gasteiger partial charge in [-0.2, -0.15) is 0 Å². The first kappa shape index (κ1) is 15.5. The zero-order valence-electron chi connectivity index (χ0n) is 11.9. The van der Waals surface area contributed by atoms with Gasteiger partial charge in [-0.3, -0.25) is 4.79 Å². The lowest BCUT2D eigenvalue weighted by atomic mass is 10.1. The van der Waals surface area contributed by atoms with Crippen molar-refractivity contribution in [2.24, 2.45) is 0 Å². The number of amides is 1. The molecule has 1 aromatic rings. The summed E-state index contributed by atoms with van der Waals surface area (Å²) in [7, 11) is 1.66. The molecule has 1 amide bonds. The molecule has 4 heteroatoms. The van der Waals surface area contributed by atoms with Gasteiger partial charge in [0.2, 0.25) is 5.91 Å². The van der Waals surface area contributed by atoms with Crippen LogP contribution in [0.3, 0.4) is 0 Å². The van der Waals surface area contributed by atoms with Crippen molar-refractivity contribution < 1.29 is 9.53 Å². The van der Waals surface area contributed by atoms with Crippen molar-refractivity contribution in [3.63, 3.8) is 0 Å². The smallest absolute Gasteiger partial charge is 0.221 e. The molecule has 0 aliphatic heterocycles. The SMILES string of the molecule is CCc1ccc(NCCC(=O)NCCCOC)cc1. The second kappa shape index (κ2) is 9.39. The summed E-state index contributed by atoms with van der Waals surface area (Å²) in [6, 6.07) is 8.31. The molecule has 0 saturated heterocycles. The molecule has 2 N–H and O–H groups in total. The predicted octanol–water partition coefficient (Wildman–Crippen LogP) is 2.20. The molecular formula is C15H24N2O2. The van der Waals surface area contributed by atoms with Crippen molar-refractivity contribution in [2.45, 2.75) is 26.2 Å². The third kappa shape index (κ3) is 6.82. The highest BCUT2D eigenvalue weighted by Crippen LogP contribution is 2.09. The van der Waals surface area contributed by atoms with Gasteiger partial charge in [0.25, 0.3) is 0 Å².